The van der Waals surface area contributed by atoms with Gasteiger partial charge >= 0.3 is 0 Å². The number of rotatable bonds is 5. The lowest BCUT2D eigenvalue weighted by molar-refractivity contribution is 0.230. The first kappa shape index (κ1) is 11.0. The zero-order valence-electron chi connectivity index (χ0n) is 9.29. The molecule has 3 nitrogen and oxygen atoms in total. The van der Waals surface area contributed by atoms with Crippen LogP contribution in [0, 0.1) is 0 Å². The predicted molar refractivity (Wildman–Crippen MR) is 62.1 cm³/mol. The number of thiazole rings is 1. The van der Waals surface area contributed by atoms with E-state index >= 15 is 0 Å². The molecular formula is C11H18N2OS. The third-order valence-corrected chi connectivity index (χ3v) is 4.16. The van der Waals surface area contributed by atoms with Gasteiger partial charge in [0.2, 0.25) is 0 Å². The van der Waals surface area contributed by atoms with Crippen LogP contribution < -0.4 is 5.32 Å². The minimum Gasteiger partial charge on any atom is -0.394 e. The lowest BCUT2D eigenvalue weighted by Gasteiger charge is -2.12. The molecular weight excluding hydrogens is 208 g/mol. The fraction of sp³-hybridized carbons (Fsp3) is 0.727. The molecule has 0 atom stereocenters. The third kappa shape index (κ3) is 2.56. The van der Waals surface area contributed by atoms with E-state index in [9.17, 15) is 0 Å². The van der Waals surface area contributed by atoms with Crippen LogP contribution in [0.3, 0.4) is 0 Å². The second-order valence-corrected chi connectivity index (χ2v) is 5.76. The Morgan fingerprint density at radius 2 is 2.33 bits per heavy atom. The Kier molecular flexibility index (Phi) is 3.09. The van der Waals surface area contributed by atoms with Gasteiger partial charge in [-0.2, -0.15) is 0 Å². The molecule has 1 aliphatic carbocycles. The van der Waals surface area contributed by atoms with E-state index in [4.69, 9.17) is 5.11 Å². The minimum absolute atomic E-state index is 0.0297. The van der Waals surface area contributed by atoms with Gasteiger partial charge in [0, 0.05) is 29.1 Å². The fourth-order valence-corrected chi connectivity index (χ4v) is 2.35. The minimum atomic E-state index is 0.0297. The molecule has 2 N–H and O–H groups in total. The van der Waals surface area contributed by atoms with Gasteiger partial charge in [0.15, 0.2) is 0 Å². The fourth-order valence-electron chi connectivity index (χ4n) is 1.49. The molecule has 4 heteroatoms. The molecule has 0 saturated heterocycles. The first-order chi connectivity index (χ1) is 7.15. The number of nitrogens with zero attached hydrogens (tertiary/aromatic N) is 1. The first-order valence-electron chi connectivity index (χ1n) is 5.46. The summed E-state index contributed by atoms with van der Waals surface area (Å²) >= 11 is 1.76. The summed E-state index contributed by atoms with van der Waals surface area (Å²) in [4.78, 5) is 5.64. The Morgan fingerprint density at radius 3 is 2.80 bits per heavy atom. The number of aliphatic hydroxyl groups is 1. The molecule has 0 aliphatic heterocycles. The molecule has 15 heavy (non-hydrogen) atoms. The topological polar surface area (TPSA) is 45.2 Å². The van der Waals surface area contributed by atoms with Crippen LogP contribution in [0.1, 0.15) is 42.5 Å². The predicted octanol–water partition coefficient (Wildman–Crippen LogP) is 1.88. The Labute approximate surface area is 94.5 Å². The van der Waals surface area contributed by atoms with Crippen LogP contribution in [0.5, 0.6) is 0 Å². The summed E-state index contributed by atoms with van der Waals surface area (Å²) in [6, 6.07) is 0. The first-order valence-corrected chi connectivity index (χ1v) is 6.27. The van der Waals surface area contributed by atoms with Gasteiger partial charge in [-0.1, -0.05) is 13.8 Å². The van der Waals surface area contributed by atoms with Crippen molar-refractivity contribution in [3.05, 3.63) is 16.1 Å². The summed E-state index contributed by atoms with van der Waals surface area (Å²) in [5, 5.41) is 13.8. The molecule has 0 spiro atoms. The van der Waals surface area contributed by atoms with E-state index in [1.165, 1.54) is 9.88 Å². The van der Waals surface area contributed by atoms with Gasteiger partial charge in [-0.05, 0) is 12.8 Å². The van der Waals surface area contributed by atoms with Crippen LogP contribution in [0.15, 0.2) is 6.20 Å². The highest BCUT2D eigenvalue weighted by molar-refractivity contribution is 7.11. The highest BCUT2D eigenvalue weighted by Gasteiger charge is 2.41. The van der Waals surface area contributed by atoms with Gasteiger partial charge < -0.3 is 10.4 Å². The van der Waals surface area contributed by atoms with E-state index in [0.717, 1.165) is 19.4 Å². The monoisotopic (exact) mass is 226 g/mol. The molecule has 0 unspecified atom stereocenters. The number of aliphatic hydroxyl groups excluding tert-OH is 1. The van der Waals surface area contributed by atoms with Gasteiger partial charge in [0.1, 0.15) is 0 Å². The molecule has 0 aromatic carbocycles. The number of nitrogens with one attached hydrogen (secondary N) is 1. The Bertz CT molecular complexity index is 331. The van der Waals surface area contributed by atoms with Crippen LogP contribution in [0.25, 0.3) is 0 Å². The molecule has 1 saturated carbocycles. The van der Waals surface area contributed by atoms with Crippen molar-refractivity contribution in [1.29, 1.82) is 0 Å². The average molecular weight is 226 g/mol. The van der Waals surface area contributed by atoms with Crippen molar-refractivity contribution >= 4 is 11.3 Å². The number of hydrogen-bond acceptors (Lipinski definition) is 4. The summed E-state index contributed by atoms with van der Waals surface area (Å²) in [5.74, 6) is 0.511. The summed E-state index contributed by atoms with van der Waals surface area (Å²) in [5.41, 5.74) is 0.0297. The normalized spacial score (nSPS) is 18.4. The zero-order valence-corrected chi connectivity index (χ0v) is 10.1. The molecule has 1 aromatic heterocycles. The van der Waals surface area contributed by atoms with Crippen LogP contribution in [-0.2, 0) is 6.54 Å². The molecule has 1 aromatic rings. The lowest BCUT2D eigenvalue weighted by Crippen LogP contribution is -2.33. The van der Waals surface area contributed by atoms with Gasteiger partial charge in [0.05, 0.1) is 11.6 Å². The quantitative estimate of drug-likeness (QED) is 0.806. The van der Waals surface area contributed by atoms with Crippen molar-refractivity contribution in [2.75, 3.05) is 6.61 Å². The van der Waals surface area contributed by atoms with Crippen molar-refractivity contribution in [3.8, 4) is 0 Å². The average Bonchev–Trinajstić information content (AvgIpc) is 2.85. The van der Waals surface area contributed by atoms with Crippen molar-refractivity contribution in [2.45, 2.75) is 44.7 Å². The third-order valence-electron chi connectivity index (χ3n) is 2.86. The van der Waals surface area contributed by atoms with Crippen LogP contribution >= 0.6 is 11.3 Å². The molecule has 0 bridgehead atoms. The highest BCUT2D eigenvalue weighted by atomic mass is 32.1. The Morgan fingerprint density at radius 1 is 1.60 bits per heavy atom. The molecule has 2 rings (SSSR count). The summed E-state index contributed by atoms with van der Waals surface area (Å²) < 4.78 is 0. The lowest BCUT2D eigenvalue weighted by atomic mass is 10.2. The smallest absolute Gasteiger partial charge is 0.0953 e. The van der Waals surface area contributed by atoms with E-state index in [-0.39, 0.29) is 12.1 Å². The van der Waals surface area contributed by atoms with Crippen molar-refractivity contribution in [3.63, 3.8) is 0 Å². The van der Waals surface area contributed by atoms with Crippen LogP contribution in [0.4, 0.5) is 0 Å². The van der Waals surface area contributed by atoms with E-state index < -0.39 is 0 Å². The Balaban J connectivity index is 1.88. The number of aromatic nitrogens is 1. The van der Waals surface area contributed by atoms with E-state index in [2.05, 4.69) is 24.1 Å². The summed E-state index contributed by atoms with van der Waals surface area (Å²) in [7, 11) is 0. The maximum atomic E-state index is 9.15. The maximum Gasteiger partial charge on any atom is 0.0953 e. The number of hydrogen-bond donors (Lipinski definition) is 2. The molecule has 84 valence electrons. The molecule has 0 amide bonds. The molecule has 1 aliphatic rings. The maximum absolute atomic E-state index is 9.15. The van der Waals surface area contributed by atoms with E-state index in [1.54, 1.807) is 11.3 Å². The highest BCUT2D eigenvalue weighted by Crippen LogP contribution is 2.35. The standard InChI is InChI=1S/C11H18N2OS/c1-8(2)10-12-5-9(15-10)6-13-11(7-14)3-4-11/h5,8,13-14H,3-4,6-7H2,1-2H3. The van der Waals surface area contributed by atoms with Crippen LogP contribution in [-0.4, -0.2) is 22.2 Å². The molecule has 1 fully saturated rings. The van der Waals surface area contributed by atoms with E-state index in [1.807, 2.05) is 6.20 Å². The summed E-state index contributed by atoms with van der Waals surface area (Å²) in [6.07, 6.45) is 4.14. The van der Waals surface area contributed by atoms with Crippen molar-refractivity contribution in [2.24, 2.45) is 0 Å². The van der Waals surface area contributed by atoms with Crippen LogP contribution in [0.2, 0.25) is 0 Å². The van der Waals surface area contributed by atoms with Crippen molar-refractivity contribution in [1.82, 2.24) is 10.3 Å². The SMILES string of the molecule is CC(C)c1ncc(CNC2(CO)CC2)s1. The van der Waals surface area contributed by atoms with Gasteiger partial charge in [-0.3, -0.25) is 0 Å². The molecule has 1 heterocycles. The second-order valence-electron chi connectivity index (χ2n) is 4.61. The summed E-state index contributed by atoms with van der Waals surface area (Å²) in [6.45, 7) is 5.41. The Hall–Kier alpha value is -0.450. The van der Waals surface area contributed by atoms with Gasteiger partial charge in [-0.25, -0.2) is 4.98 Å². The van der Waals surface area contributed by atoms with Crippen molar-refractivity contribution < 1.29 is 5.11 Å². The van der Waals surface area contributed by atoms with Gasteiger partial charge in [0.25, 0.3) is 0 Å². The molecule has 0 radical (unpaired) electrons. The van der Waals surface area contributed by atoms with Gasteiger partial charge in [-0.15, -0.1) is 11.3 Å². The van der Waals surface area contributed by atoms with E-state index in [0.29, 0.717) is 5.92 Å². The zero-order chi connectivity index (χ0) is 10.9. The largest absolute Gasteiger partial charge is 0.394 e. The second kappa shape index (κ2) is 4.20.